The number of nitrogens with zero attached hydrogens (tertiary/aromatic N) is 1. The lowest BCUT2D eigenvalue weighted by Gasteiger charge is -2.28. The number of halogens is 1. The SMILES string of the molecule is Cc1c2n(c(OCC3COCCO3)cc1=O)CCc1cc(OCCl)ccc1-2. The van der Waals surface area contributed by atoms with Gasteiger partial charge >= 0.3 is 0 Å². The number of hydrogen-bond acceptors (Lipinski definition) is 5. The van der Waals surface area contributed by atoms with Gasteiger partial charge in [-0.3, -0.25) is 4.79 Å². The third kappa shape index (κ3) is 3.70. The number of hydrogen-bond donors (Lipinski definition) is 0. The molecule has 0 radical (unpaired) electrons. The molecule has 1 fully saturated rings. The Bertz CT molecular complexity index is 889. The van der Waals surface area contributed by atoms with Crippen LogP contribution in [0.25, 0.3) is 11.3 Å². The summed E-state index contributed by atoms with van der Waals surface area (Å²) in [5.41, 5.74) is 3.75. The van der Waals surface area contributed by atoms with Crippen molar-refractivity contribution < 1.29 is 18.9 Å². The van der Waals surface area contributed by atoms with Gasteiger partial charge in [-0.05, 0) is 37.1 Å². The van der Waals surface area contributed by atoms with Gasteiger partial charge in [0.15, 0.2) is 17.4 Å². The number of benzene rings is 1. The average molecular weight is 392 g/mol. The van der Waals surface area contributed by atoms with Crippen LogP contribution in [-0.2, 0) is 22.4 Å². The van der Waals surface area contributed by atoms with Crippen LogP contribution in [0.4, 0.5) is 0 Å². The molecule has 144 valence electrons. The Hall–Kier alpha value is -2.02. The largest absolute Gasteiger partial charge is 0.478 e. The smallest absolute Gasteiger partial charge is 0.197 e. The zero-order valence-electron chi connectivity index (χ0n) is 15.2. The van der Waals surface area contributed by atoms with Gasteiger partial charge in [0.2, 0.25) is 0 Å². The first-order valence-electron chi connectivity index (χ1n) is 9.06. The third-order valence-electron chi connectivity index (χ3n) is 4.98. The molecule has 3 heterocycles. The molecule has 0 N–H and O–H groups in total. The van der Waals surface area contributed by atoms with Crippen LogP contribution in [0.1, 0.15) is 11.1 Å². The van der Waals surface area contributed by atoms with Crippen molar-refractivity contribution in [3.8, 4) is 22.9 Å². The highest BCUT2D eigenvalue weighted by atomic mass is 35.5. The fourth-order valence-electron chi connectivity index (χ4n) is 3.62. The topological polar surface area (TPSA) is 58.9 Å². The molecular formula is C20H22ClNO5. The molecule has 1 aromatic carbocycles. The predicted octanol–water partition coefficient (Wildman–Crippen LogP) is 2.75. The van der Waals surface area contributed by atoms with Crippen LogP contribution in [0, 0.1) is 6.92 Å². The van der Waals surface area contributed by atoms with Gasteiger partial charge in [-0.2, -0.15) is 0 Å². The summed E-state index contributed by atoms with van der Waals surface area (Å²) >= 11 is 5.66. The maximum atomic E-state index is 12.6. The number of ether oxygens (including phenoxy) is 4. The molecule has 0 spiro atoms. The molecule has 27 heavy (non-hydrogen) atoms. The lowest BCUT2D eigenvalue weighted by molar-refractivity contribution is -0.102. The van der Waals surface area contributed by atoms with E-state index >= 15 is 0 Å². The van der Waals surface area contributed by atoms with Crippen LogP contribution in [0.3, 0.4) is 0 Å². The van der Waals surface area contributed by atoms with Gasteiger partial charge in [0.05, 0.1) is 25.5 Å². The Kier molecular flexibility index (Phi) is 5.38. The molecule has 1 atom stereocenters. The Morgan fingerprint density at radius 1 is 1.26 bits per heavy atom. The quantitative estimate of drug-likeness (QED) is 0.733. The van der Waals surface area contributed by atoms with E-state index < -0.39 is 0 Å². The Morgan fingerprint density at radius 3 is 2.93 bits per heavy atom. The van der Waals surface area contributed by atoms with Crippen molar-refractivity contribution in [1.29, 1.82) is 0 Å². The maximum Gasteiger partial charge on any atom is 0.197 e. The highest BCUT2D eigenvalue weighted by Crippen LogP contribution is 2.35. The number of rotatable bonds is 5. The predicted molar refractivity (Wildman–Crippen MR) is 102 cm³/mol. The van der Waals surface area contributed by atoms with Gasteiger partial charge in [-0.1, -0.05) is 11.6 Å². The Balaban J connectivity index is 1.67. The first kappa shape index (κ1) is 18.3. The zero-order chi connectivity index (χ0) is 18.8. The minimum absolute atomic E-state index is 0.0361. The van der Waals surface area contributed by atoms with Crippen molar-refractivity contribution in [3.05, 3.63) is 45.6 Å². The molecule has 4 rings (SSSR count). The normalized spacial score (nSPS) is 18.5. The molecule has 1 unspecified atom stereocenters. The van der Waals surface area contributed by atoms with Gasteiger partial charge in [0.1, 0.15) is 18.5 Å². The highest BCUT2D eigenvalue weighted by molar-refractivity contribution is 6.17. The van der Waals surface area contributed by atoms with Gasteiger partial charge < -0.3 is 23.5 Å². The monoisotopic (exact) mass is 391 g/mol. The summed E-state index contributed by atoms with van der Waals surface area (Å²) in [6, 6.07) is 7.53. The fraction of sp³-hybridized carbons (Fsp3) is 0.450. The molecule has 7 heteroatoms. The van der Waals surface area contributed by atoms with Crippen molar-refractivity contribution in [3.63, 3.8) is 0 Å². The summed E-state index contributed by atoms with van der Waals surface area (Å²) in [5, 5.41) is 0. The highest BCUT2D eigenvalue weighted by Gasteiger charge is 2.23. The zero-order valence-corrected chi connectivity index (χ0v) is 16.0. The molecule has 2 aliphatic rings. The Morgan fingerprint density at radius 2 is 2.15 bits per heavy atom. The van der Waals surface area contributed by atoms with E-state index in [0.717, 1.165) is 35.5 Å². The number of fused-ring (bicyclic) bond motifs is 3. The summed E-state index contributed by atoms with van der Waals surface area (Å²) in [7, 11) is 0. The van der Waals surface area contributed by atoms with E-state index in [-0.39, 0.29) is 17.6 Å². The molecule has 6 nitrogen and oxygen atoms in total. The van der Waals surface area contributed by atoms with Crippen LogP contribution in [0.5, 0.6) is 11.6 Å². The molecule has 1 aromatic heterocycles. The lowest BCUT2D eigenvalue weighted by atomic mass is 9.94. The first-order valence-corrected chi connectivity index (χ1v) is 9.59. The van der Waals surface area contributed by atoms with Crippen LogP contribution in [-0.4, -0.2) is 43.2 Å². The van der Waals surface area contributed by atoms with Gasteiger partial charge in [-0.15, -0.1) is 0 Å². The van der Waals surface area contributed by atoms with E-state index in [4.69, 9.17) is 30.5 Å². The lowest BCUT2D eigenvalue weighted by Crippen LogP contribution is -2.34. The van der Waals surface area contributed by atoms with E-state index in [0.29, 0.717) is 37.9 Å². The molecule has 0 saturated carbocycles. The summed E-state index contributed by atoms with van der Waals surface area (Å²) in [5.74, 6) is 1.31. The molecule has 0 aliphatic carbocycles. The van der Waals surface area contributed by atoms with Crippen molar-refractivity contribution in [2.45, 2.75) is 26.0 Å². The molecule has 0 amide bonds. The molecule has 0 bridgehead atoms. The van der Waals surface area contributed by atoms with Gasteiger partial charge in [0.25, 0.3) is 0 Å². The number of alkyl halides is 1. The third-order valence-corrected chi connectivity index (χ3v) is 5.08. The molecule has 2 aromatic rings. The molecular weight excluding hydrogens is 370 g/mol. The van der Waals surface area contributed by atoms with Gasteiger partial charge in [-0.25, -0.2) is 0 Å². The fourth-order valence-corrected chi connectivity index (χ4v) is 3.75. The molecule has 1 saturated heterocycles. The summed E-state index contributed by atoms with van der Waals surface area (Å²) in [4.78, 5) is 12.6. The minimum atomic E-state index is -0.113. The van der Waals surface area contributed by atoms with Gasteiger partial charge in [0, 0.05) is 23.7 Å². The second-order valence-corrected chi connectivity index (χ2v) is 6.89. The van der Waals surface area contributed by atoms with Crippen LogP contribution in [0.15, 0.2) is 29.1 Å². The van der Waals surface area contributed by atoms with Crippen molar-refractivity contribution in [1.82, 2.24) is 4.57 Å². The number of aromatic nitrogens is 1. The van der Waals surface area contributed by atoms with Crippen LogP contribution >= 0.6 is 11.6 Å². The summed E-state index contributed by atoms with van der Waals surface area (Å²) in [6.45, 7) is 4.63. The van der Waals surface area contributed by atoms with Crippen molar-refractivity contribution in [2.24, 2.45) is 0 Å². The van der Waals surface area contributed by atoms with E-state index in [9.17, 15) is 4.79 Å². The Labute approximate surface area is 162 Å². The van der Waals surface area contributed by atoms with Crippen molar-refractivity contribution in [2.75, 3.05) is 32.5 Å². The second kappa shape index (κ2) is 7.92. The van der Waals surface area contributed by atoms with E-state index in [2.05, 4.69) is 4.57 Å². The number of pyridine rings is 1. The molecule has 2 aliphatic heterocycles. The minimum Gasteiger partial charge on any atom is -0.478 e. The van der Waals surface area contributed by atoms with Crippen molar-refractivity contribution >= 4 is 11.6 Å². The average Bonchev–Trinajstić information content (AvgIpc) is 2.70. The number of aryl methyl sites for hydroxylation is 1. The van der Waals surface area contributed by atoms with E-state index in [1.54, 1.807) is 6.07 Å². The standard InChI is InChI=1S/C20H22ClNO5/c1-13-18(23)9-19(26-11-16-10-24-6-7-25-16)22-5-4-14-8-15(27-12-21)2-3-17(14)20(13)22/h2-3,8-9,16H,4-7,10-12H2,1H3. The maximum absolute atomic E-state index is 12.6. The summed E-state index contributed by atoms with van der Waals surface area (Å²) in [6.07, 6.45) is 0.710. The summed E-state index contributed by atoms with van der Waals surface area (Å²) < 4.78 is 24.5. The van der Waals surface area contributed by atoms with E-state index in [1.165, 1.54) is 0 Å². The second-order valence-electron chi connectivity index (χ2n) is 6.67. The van der Waals surface area contributed by atoms with Crippen LogP contribution in [0.2, 0.25) is 0 Å². The van der Waals surface area contributed by atoms with E-state index in [1.807, 2.05) is 25.1 Å². The first-order chi connectivity index (χ1) is 13.2. The van der Waals surface area contributed by atoms with Crippen LogP contribution < -0.4 is 14.9 Å².